The van der Waals surface area contributed by atoms with Crippen molar-refractivity contribution in [3.63, 3.8) is 0 Å². The molecule has 1 aromatic rings. The van der Waals surface area contributed by atoms with E-state index in [9.17, 15) is 0 Å². The summed E-state index contributed by atoms with van der Waals surface area (Å²) in [5.74, 6) is 0.243. The second kappa shape index (κ2) is 8.66. The lowest BCUT2D eigenvalue weighted by Crippen LogP contribution is -2.32. The van der Waals surface area contributed by atoms with Crippen LogP contribution < -0.4 is 5.73 Å². The van der Waals surface area contributed by atoms with Crippen molar-refractivity contribution in [1.82, 2.24) is 14.5 Å². The van der Waals surface area contributed by atoms with Gasteiger partial charge < -0.3 is 19.9 Å². The second-order valence-corrected chi connectivity index (χ2v) is 4.26. The van der Waals surface area contributed by atoms with Gasteiger partial charge in [0.15, 0.2) is 0 Å². The van der Waals surface area contributed by atoms with E-state index in [1.165, 1.54) is 0 Å². The monoisotopic (exact) mass is 253 g/mol. The molecule has 6 nitrogen and oxygen atoms in total. The minimum absolute atomic E-state index is 0.243. The van der Waals surface area contributed by atoms with Crippen LogP contribution in [0.25, 0.3) is 0 Å². The topological polar surface area (TPSA) is 80.2 Å². The molecule has 102 valence electrons. The molecule has 18 heavy (non-hydrogen) atoms. The summed E-state index contributed by atoms with van der Waals surface area (Å²) >= 11 is 0. The largest absolute Gasteiger partial charge is 0.388 e. The highest BCUT2D eigenvalue weighted by Crippen LogP contribution is 1.97. The molecule has 0 bridgehead atoms. The van der Waals surface area contributed by atoms with E-state index in [2.05, 4.69) is 14.5 Å². The van der Waals surface area contributed by atoms with Crippen molar-refractivity contribution in [3.05, 3.63) is 18.7 Å². The molecule has 0 spiro atoms. The van der Waals surface area contributed by atoms with Gasteiger partial charge in [0.2, 0.25) is 0 Å². The third-order valence-corrected chi connectivity index (χ3v) is 2.76. The van der Waals surface area contributed by atoms with E-state index < -0.39 is 0 Å². The van der Waals surface area contributed by atoms with Crippen LogP contribution in [0.5, 0.6) is 0 Å². The number of hydrogen-bond donors (Lipinski definition) is 2. The van der Waals surface area contributed by atoms with E-state index >= 15 is 0 Å². The number of methoxy groups -OCH3 is 1. The van der Waals surface area contributed by atoms with E-state index in [0.717, 1.165) is 32.6 Å². The van der Waals surface area contributed by atoms with Crippen LogP contribution in [0.15, 0.2) is 18.7 Å². The maximum atomic E-state index is 7.26. The smallest absolute Gasteiger partial charge is 0.0945 e. The molecule has 0 radical (unpaired) electrons. The SMILES string of the molecule is COCCN(CCCn1ccnc1)CCC(=N)N. The number of nitrogens with two attached hydrogens (primary N) is 1. The Labute approximate surface area is 108 Å². The molecule has 0 atom stereocenters. The van der Waals surface area contributed by atoms with Crippen molar-refractivity contribution >= 4 is 5.84 Å². The molecule has 0 aromatic carbocycles. The van der Waals surface area contributed by atoms with Crippen molar-refractivity contribution < 1.29 is 4.74 Å². The highest BCUT2D eigenvalue weighted by Gasteiger charge is 2.05. The van der Waals surface area contributed by atoms with E-state index in [4.69, 9.17) is 15.9 Å². The molecule has 0 aliphatic carbocycles. The highest BCUT2D eigenvalue weighted by atomic mass is 16.5. The standard InChI is InChI=1S/C12H23N5O/c1-18-10-9-16(7-3-12(13)14)5-2-6-17-8-4-15-11-17/h4,8,11H,2-3,5-7,9-10H2,1H3,(H3,13,14). The fraction of sp³-hybridized carbons (Fsp3) is 0.667. The van der Waals surface area contributed by atoms with Gasteiger partial charge in [0.05, 0.1) is 18.8 Å². The first-order valence-electron chi connectivity index (χ1n) is 6.22. The van der Waals surface area contributed by atoms with Gasteiger partial charge in [-0.25, -0.2) is 4.98 Å². The van der Waals surface area contributed by atoms with Gasteiger partial charge >= 0.3 is 0 Å². The van der Waals surface area contributed by atoms with Crippen LogP contribution in [0.1, 0.15) is 12.8 Å². The summed E-state index contributed by atoms with van der Waals surface area (Å²) in [7, 11) is 1.70. The molecule has 1 aromatic heterocycles. The maximum absolute atomic E-state index is 7.26. The quantitative estimate of drug-likeness (QED) is 0.471. The predicted octanol–water partition coefficient (Wildman–Crippen LogP) is 0.548. The number of amidine groups is 1. The normalized spacial score (nSPS) is 11.0. The molecule has 0 aliphatic heterocycles. The summed E-state index contributed by atoms with van der Waals surface area (Å²) in [5.41, 5.74) is 5.39. The average Bonchev–Trinajstić information content (AvgIpc) is 2.84. The number of rotatable bonds is 10. The van der Waals surface area contributed by atoms with Gasteiger partial charge in [-0.15, -0.1) is 0 Å². The Bertz CT molecular complexity index is 325. The van der Waals surface area contributed by atoms with Crippen LogP contribution in [-0.4, -0.2) is 53.6 Å². The van der Waals surface area contributed by atoms with Crippen LogP contribution in [0.4, 0.5) is 0 Å². The van der Waals surface area contributed by atoms with Gasteiger partial charge in [0, 0.05) is 45.6 Å². The van der Waals surface area contributed by atoms with Crippen molar-refractivity contribution in [1.29, 1.82) is 5.41 Å². The van der Waals surface area contributed by atoms with Gasteiger partial charge in [-0.1, -0.05) is 0 Å². The number of aryl methyl sites for hydroxylation is 1. The maximum Gasteiger partial charge on any atom is 0.0945 e. The van der Waals surface area contributed by atoms with Crippen molar-refractivity contribution in [2.75, 3.05) is 33.4 Å². The number of nitrogens with one attached hydrogen (secondary N) is 1. The lowest BCUT2D eigenvalue weighted by Gasteiger charge is -2.21. The summed E-state index contributed by atoms with van der Waals surface area (Å²) in [5, 5.41) is 7.26. The average molecular weight is 253 g/mol. The number of aromatic nitrogens is 2. The first-order valence-corrected chi connectivity index (χ1v) is 6.22. The Morgan fingerprint density at radius 1 is 1.44 bits per heavy atom. The van der Waals surface area contributed by atoms with E-state index in [1.807, 2.05) is 12.5 Å². The predicted molar refractivity (Wildman–Crippen MR) is 71.7 cm³/mol. The molecule has 0 saturated carbocycles. The lowest BCUT2D eigenvalue weighted by atomic mass is 10.3. The molecule has 0 unspecified atom stereocenters. The van der Waals surface area contributed by atoms with Gasteiger partial charge in [0.1, 0.15) is 0 Å². The molecule has 3 N–H and O–H groups in total. The van der Waals surface area contributed by atoms with Crippen molar-refractivity contribution in [2.24, 2.45) is 5.73 Å². The third kappa shape index (κ3) is 6.36. The molecular weight excluding hydrogens is 230 g/mol. The van der Waals surface area contributed by atoms with E-state index in [-0.39, 0.29) is 5.84 Å². The number of hydrogen-bond acceptors (Lipinski definition) is 4. The summed E-state index contributed by atoms with van der Waals surface area (Å²) in [6.45, 7) is 4.36. The van der Waals surface area contributed by atoms with Crippen LogP contribution >= 0.6 is 0 Å². The van der Waals surface area contributed by atoms with Gasteiger partial charge in [-0.05, 0) is 13.0 Å². The van der Waals surface area contributed by atoms with Crippen LogP contribution in [-0.2, 0) is 11.3 Å². The second-order valence-electron chi connectivity index (χ2n) is 4.26. The van der Waals surface area contributed by atoms with E-state index in [0.29, 0.717) is 13.0 Å². The summed E-state index contributed by atoms with van der Waals surface area (Å²) in [6.07, 6.45) is 7.26. The zero-order chi connectivity index (χ0) is 13.2. The molecular formula is C12H23N5O. The highest BCUT2D eigenvalue weighted by molar-refractivity contribution is 5.76. The summed E-state index contributed by atoms with van der Waals surface area (Å²) in [4.78, 5) is 6.29. The molecule has 0 saturated heterocycles. The fourth-order valence-corrected chi connectivity index (χ4v) is 1.73. The summed E-state index contributed by atoms with van der Waals surface area (Å²) < 4.78 is 7.16. The first kappa shape index (κ1) is 14.7. The Hall–Kier alpha value is -1.40. The molecule has 6 heteroatoms. The Balaban J connectivity index is 2.23. The van der Waals surface area contributed by atoms with Gasteiger partial charge in [-0.3, -0.25) is 5.41 Å². The van der Waals surface area contributed by atoms with Crippen LogP contribution in [0.2, 0.25) is 0 Å². The number of nitrogens with zero attached hydrogens (tertiary/aromatic N) is 3. The van der Waals surface area contributed by atoms with Crippen LogP contribution in [0, 0.1) is 5.41 Å². The van der Waals surface area contributed by atoms with E-state index in [1.54, 1.807) is 13.3 Å². The number of ether oxygens (including phenoxy) is 1. The third-order valence-electron chi connectivity index (χ3n) is 2.76. The molecule has 1 rings (SSSR count). The molecule has 0 amide bonds. The lowest BCUT2D eigenvalue weighted by molar-refractivity contribution is 0.147. The first-order chi connectivity index (χ1) is 8.72. The van der Waals surface area contributed by atoms with Crippen LogP contribution in [0.3, 0.4) is 0 Å². The van der Waals surface area contributed by atoms with Crippen molar-refractivity contribution in [2.45, 2.75) is 19.4 Å². The Kier molecular flexibility index (Phi) is 7.05. The molecule has 1 heterocycles. The zero-order valence-electron chi connectivity index (χ0n) is 11.0. The molecule has 0 aliphatic rings. The Morgan fingerprint density at radius 2 is 2.28 bits per heavy atom. The number of imidazole rings is 1. The minimum atomic E-state index is 0.243. The molecule has 0 fully saturated rings. The minimum Gasteiger partial charge on any atom is -0.388 e. The fourth-order valence-electron chi connectivity index (χ4n) is 1.73. The van der Waals surface area contributed by atoms with Crippen molar-refractivity contribution in [3.8, 4) is 0 Å². The zero-order valence-corrected chi connectivity index (χ0v) is 11.0. The van der Waals surface area contributed by atoms with Gasteiger partial charge in [0.25, 0.3) is 0 Å². The Morgan fingerprint density at radius 3 is 2.89 bits per heavy atom. The summed E-state index contributed by atoms with van der Waals surface area (Å²) in [6, 6.07) is 0. The van der Waals surface area contributed by atoms with Gasteiger partial charge in [-0.2, -0.15) is 0 Å².